The van der Waals surface area contributed by atoms with Gasteiger partial charge in [0.25, 0.3) is 0 Å². The summed E-state index contributed by atoms with van der Waals surface area (Å²) in [6, 6.07) is 9.25. The molecule has 0 spiro atoms. The Bertz CT molecular complexity index is 320. The van der Waals surface area contributed by atoms with Crippen LogP contribution in [0, 0.1) is 0 Å². The molecular weight excluding hydrogens is 198 g/mol. The normalized spacial score (nSPS) is 25.4. The van der Waals surface area contributed by atoms with Gasteiger partial charge in [-0.3, -0.25) is 0 Å². The molecule has 88 valence electrons. The van der Waals surface area contributed by atoms with E-state index in [1.807, 2.05) is 6.92 Å². The van der Waals surface area contributed by atoms with E-state index in [0.717, 1.165) is 18.9 Å². The van der Waals surface area contributed by atoms with Crippen molar-refractivity contribution in [1.29, 1.82) is 0 Å². The number of benzene rings is 1. The SMILES string of the molecule is CCOc1ccc(C2CCNC(C)C2)cc1. The van der Waals surface area contributed by atoms with E-state index in [1.165, 1.54) is 18.4 Å². The van der Waals surface area contributed by atoms with Crippen molar-refractivity contribution in [1.82, 2.24) is 5.32 Å². The average molecular weight is 219 g/mol. The molecule has 2 heteroatoms. The van der Waals surface area contributed by atoms with E-state index in [1.54, 1.807) is 0 Å². The van der Waals surface area contributed by atoms with Crippen LogP contribution in [0.5, 0.6) is 5.75 Å². The van der Waals surface area contributed by atoms with Crippen molar-refractivity contribution in [2.45, 2.75) is 38.6 Å². The third-order valence-corrected chi connectivity index (χ3v) is 3.29. The highest BCUT2D eigenvalue weighted by atomic mass is 16.5. The Kier molecular flexibility index (Phi) is 3.83. The fourth-order valence-corrected chi connectivity index (χ4v) is 2.44. The predicted molar refractivity (Wildman–Crippen MR) is 67.1 cm³/mol. The highest BCUT2D eigenvalue weighted by Crippen LogP contribution is 2.28. The van der Waals surface area contributed by atoms with E-state index < -0.39 is 0 Å². The summed E-state index contributed by atoms with van der Waals surface area (Å²) in [5.41, 5.74) is 1.46. The van der Waals surface area contributed by atoms with Gasteiger partial charge in [0.2, 0.25) is 0 Å². The van der Waals surface area contributed by atoms with Gasteiger partial charge in [-0.15, -0.1) is 0 Å². The first kappa shape index (κ1) is 11.5. The van der Waals surface area contributed by atoms with E-state index in [9.17, 15) is 0 Å². The Morgan fingerprint density at radius 3 is 2.69 bits per heavy atom. The molecular formula is C14H21NO. The largest absolute Gasteiger partial charge is 0.494 e. The fourth-order valence-electron chi connectivity index (χ4n) is 2.44. The summed E-state index contributed by atoms with van der Waals surface area (Å²) < 4.78 is 5.46. The van der Waals surface area contributed by atoms with Crippen LogP contribution in [0.3, 0.4) is 0 Å². The van der Waals surface area contributed by atoms with E-state index in [2.05, 4.69) is 36.5 Å². The van der Waals surface area contributed by atoms with Gasteiger partial charge in [0, 0.05) is 6.04 Å². The maximum absolute atomic E-state index is 5.46. The second-order valence-corrected chi connectivity index (χ2v) is 4.58. The molecule has 2 unspecified atom stereocenters. The summed E-state index contributed by atoms with van der Waals surface area (Å²) in [5.74, 6) is 1.69. The van der Waals surface area contributed by atoms with Gasteiger partial charge in [0.15, 0.2) is 0 Å². The molecule has 0 saturated carbocycles. The molecule has 1 N–H and O–H groups in total. The highest BCUT2D eigenvalue weighted by Gasteiger charge is 2.19. The lowest BCUT2D eigenvalue weighted by Gasteiger charge is -2.28. The van der Waals surface area contributed by atoms with Crippen molar-refractivity contribution >= 4 is 0 Å². The summed E-state index contributed by atoms with van der Waals surface area (Å²) in [7, 11) is 0. The second-order valence-electron chi connectivity index (χ2n) is 4.58. The molecule has 1 aliphatic rings. The smallest absolute Gasteiger partial charge is 0.119 e. The summed E-state index contributed by atoms with van der Waals surface area (Å²) in [4.78, 5) is 0. The van der Waals surface area contributed by atoms with Crippen LogP contribution in [0.15, 0.2) is 24.3 Å². The van der Waals surface area contributed by atoms with Gasteiger partial charge >= 0.3 is 0 Å². The molecule has 2 nitrogen and oxygen atoms in total. The molecule has 2 rings (SSSR count). The van der Waals surface area contributed by atoms with Gasteiger partial charge in [-0.25, -0.2) is 0 Å². The molecule has 0 amide bonds. The maximum Gasteiger partial charge on any atom is 0.119 e. The molecule has 0 radical (unpaired) electrons. The first-order valence-corrected chi connectivity index (χ1v) is 6.25. The minimum absolute atomic E-state index is 0.644. The molecule has 1 aromatic rings. The van der Waals surface area contributed by atoms with E-state index in [0.29, 0.717) is 12.0 Å². The summed E-state index contributed by atoms with van der Waals surface area (Å²) in [5, 5.41) is 3.49. The Labute approximate surface area is 98.0 Å². The quantitative estimate of drug-likeness (QED) is 0.844. The van der Waals surface area contributed by atoms with Crippen LogP contribution >= 0.6 is 0 Å². The van der Waals surface area contributed by atoms with Crippen LogP contribution in [0.25, 0.3) is 0 Å². The third-order valence-electron chi connectivity index (χ3n) is 3.29. The lowest BCUT2D eigenvalue weighted by Crippen LogP contribution is -2.34. The van der Waals surface area contributed by atoms with Gasteiger partial charge in [-0.05, 0) is 56.8 Å². The van der Waals surface area contributed by atoms with Crippen molar-refractivity contribution in [2.24, 2.45) is 0 Å². The highest BCUT2D eigenvalue weighted by molar-refractivity contribution is 5.29. The number of hydrogen-bond acceptors (Lipinski definition) is 2. The Morgan fingerprint density at radius 1 is 1.31 bits per heavy atom. The lowest BCUT2D eigenvalue weighted by atomic mass is 9.87. The van der Waals surface area contributed by atoms with Crippen LogP contribution < -0.4 is 10.1 Å². The monoisotopic (exact) mass is 219 g/mol. The second kappa shape index (κ2) is 5.35. The van der Waals surface area contributed by atoms with Gasteiger partial charge in [0.1, 0.15) is 5.75 Å². The zero-order chi connectivity index (χ0) is 11.4. The molecule has 0 bridgehead atoms. The number of nitrogens with one attached hydrogen (secondary N) is 1. The minimum atomic E-state index is 0.644. The molecule has 1 saturated heterocycles. The molecule has 1 aliphatic heterocycles. The van der Waals surface area contributed by atoms with Crippen molar-refractivity contribution in [2.75, 3.05) is 13.2 Å². The maximum atomic E-state index is 5.46. The van der Waals surface area contributed by atoms with Crippen molar-refractivity contribution in [3.63, 3.8) is 0 Å². The first-order valence-electron chi connectivity index (χ1n) is 6.25. The molecule has 1 heterocycles. The zero-order valence-electron chi connectivity index (χ0n) is 10.2. The van der Waals surface area contributed by atoms with Crippen LogP contribution in [-0.2, 0) is 0 Å². The number of hydrogen-bond donors (Lipinski definition) is 1. The van der Waals surface area contributed by atoms with Gasteiger partial charge in [-0.2, -0.15) is 0 Å². The number of rotatable bonds is 3. The standard InChI is InChI=1S/C14H21NO/c1-3-16-14-6-4-12(5-7-14)13-8-9-15-11(2)10-13/h4-7,11,13,15H,3,8-10H2,1-2H3. The van der Waals surface area contributed by atoms with E-state index >= 15 is 0 Å². The molecule has 1 fully saturated rings. The van der Waals surface area contributed by atoms with Crippen molar-refractivity contribution < 1.29 is 4.74 Å². The van der Waals surface area contributed by atoms with Crippen LogP contribution in [-0.4, -0.2) is 19.2 Å². The molecule has 0 aliphatic carbocycles. The van der Waals surface area contributed by atoms with Gasteiger partial charge in [0.05, 0.1) is 6.61 Å². The van der Waals surface area contributed by atoms with Crippen LogP contribution in [0.4, 0.5) is 0 Å². The predicted octanol–water partition coefficient (Wildman–Crippen LogP) is 2.94. The Balaban J connectivity index is 2.03. The molecule has 2 atom stereocenters. The number of ether oxygens (including phenoxy) is 1. The van der Waals surface area contributed by atoms with Crippen LogP contribution in [0.2, 0.25) is 0 Å². The minimum Gasteiger partial charge on any atom is -0.494 e. The summed E-state index contributed by atoms with van der Waals surface area (Å²) in [6.45, 7) is 6.16. The van der Waals surface area contributed by atoms with Gasteiger partial charge < -0.3 is 10.1 Å². The summed E-state index contributed by atoms with van der Waals surface area (Å²) in [6.07, 6.45) is 2.49. The molecule has 1 aromatic carbocycles. The van der Waals surface area contributed by atoms with Crippen molar-refractivity contribution in [3.8, 4) is 5.75 Å². The Morgan fingerprint density at radius 2 is 2.06 bits per heavy atom. The van der Waals surface area contributed by atoms with E-state index in [-0.39, 0.29) is 0 Å². The van der Waals surface area contributed by atoms with Gasteiger partial charge in [-0.1, -0.05) is 12.1 Å². The van der Waals surface area contributed by atoms with Crippen LogP contribution in [0.1, 0.15) is 38.2 Å². The average Bonchev–Trinajstić information content (AvgIpc) is 2.30. The number of piperidine rings is 1. The lowest BCUT2D eigenvalue weighted by molar-refractivity contribution is 0.339. The zero-order valence-corrected chi connectivity index (χ0v) is 10.2. The van der Waals surface area contributed by atoms with E-state index in [4.69, 9.17) is 4.74 Å². The third kappa shape index (κ3) is 2.76. The topological polar surface area (TPSA) is 21.3 Å². The Hall–Kier alpha value is -1.02. The fraction of sp³-hybridized carbons (Fsp3) is 0.571. The van der Waals surface area contributed by atoms with Crippen molar-refractivity contribution in [3.05, 3.63) is 29.8 Å². The summed E-state index contributed by atoms with van der Waals surface area (Å²) >= 11 is 0. The molecule has 0 aromatic heterocycles. The first-order chi connectivity index (χ1) is 7.79. The molecule has 16 heavy (non-hydrogen) atoms.